The molecular weight excluding hydrogens is 236 g/mol. The number of nitrogens with zero attached hydrogens (tertiary/aromatic N) is 1. The summed E-state index contributed by atoms with van der Waals surface area (Å²) < 4.78 is 0. The zero-order valence-corrected chi connectivity index (χ0v) is 12.0. The molecule has 0 aromatic heterocycles. The van der Waals surface area contributed by atoms with E-state index in [9.17, 15) is 4.79 Å². The van der Waals surface area contributed by atoms with Crippen molar-refractivity contribution in [2.45, 2.75) is 44.6 Å². The van der Waals surface area contributed by atoms with Crippen molar-refractivity contribution in [3.63, 3.8) is 0 Å². The van der Waals surface area contributed by atoms with Crippen LogP contribution in [0.25, 0.3) is 0 Å². The molecule has 19 heavy (non-hydrogen) atoms. The van der Waals surface area contributed by atoms with Crippen LogP contribution in [-0.4, -0.2) is 37.0 Å². The maximum atomic E-state index is 12.9. The smallest absolute Gasteiger partial charge is 0.226 e. The summed E-state index contributed by atoms with van der Waals surface area (Å²) in [5.41, 5.74) is 0. The molecule has 3 nitrogen and oxygen atoms in total. The van der Waals surface area contributed by atoms with Gasteiger partial charge in [0.15, 0.2) is 0 Å². The molecule has 4 saturated carbocycles. The van der Waals surface area contributed by atoms with Crippen LogP contribution in [0.1, 0.15) is 38.5 Å². The second-order valence-electron chi connectivity index (χ2n) is 7.52. The Bertz CT molecular complexity index is 353. The van der Waals surface area contributed by atoms with Gasteiger partial charge in [-0.05, 0) is 69.2 Å². The summed E-state index contributed by atoms with van der Waals surface area (Å²) in [5.74, 6) is 4.30. The lowest BCUT2D eigenvalue weighted by atomic mass is 9.51. The van der Waals surface area contributed by atoms with Crippen LogP contribution in [0.3, 0.4) is 0 Å². The second kappa shape index (κ2) is 4.47. The first-order valence-electron chi connectivity index (χ1n) is 8.20. The maximum Gasteiger partial charge on any atom is 0.226 e. The summed E-state index contributed by atoms with van der Waals surface area (Å²) >= 11 is 0. The summed E-state index contributed by atoms with van der Waals surface area (Å²) in [5, 5.41) is 3.32. The minimum absolute atomic E-state index is 0.392. The molecule has 3 heteroatoms. The molecule has 1 saturated heterocycles. The zero-order chi connectivity index (χ0) is 13.0. The molecule has 4 bridgehead atoms. The van der Waals surface area contributed by atoms with E-state index in [0.29, 0.717) is 17.9 Å². The first-order chi connectivity index (χ1) is 9.24. The average molecular weight is 262 g/mol. The van der Waals surface area contributed by atoms with E-state index in [1.807, 2.05) is 7.05 Å². The molecule has 5 fully saturated rings. The summed E-state index contributed by atoms with van der Waals surface area (Å²) in [6, 6.07) is 0.529. The van der Waals surface area contributed by atoms with Gasteiger partial charge in [-0.2, -0.15) is 0 Å². The van der Waals surface area contributed by atoms with Crippen molar-refractivity contribution in [2.75, 3.05) is 20.1 Å². The van der Waals surface area contributed by atoms with Gasteiger partial charge in [-0.15, -0.1) is 0 Å². The predicted molar refractivity (Wildman–Crippen MR) is 74.6 cm³/mol. The largest absolute Gasteiger partial charge is 0.341 e. The van der Waals surface area contributed by atoms with Gasteiger partial charge in [0.05, 0.1) is 0 Å². The fraction of sp³-hybridized carbons (Fsp3) is 0.938. The Morgan fingerprint density at radius 2 is 1.68 bits per heavy atom. The highest BCUT2D eigenvalue weighted by atomic mass is 16.2. The minimum atomic E-state index is 0.392. The molecule has 1 atom stereocenters. The van der Waals surface area contributed by atoms with E-state index in [1.54, 1.807) is 0 Å². The van der Waals surface area contributed by atoms with Gasteiger partial charge in [0.2, 0.25) is 5.91 Å². The van der Waals surface area contributed by atoms with Gasteiger partial charge in [-0.1, -0.05) is 0 Å². The van der Waals surface area contributed by atoms with Crippen LogP contribution in [0.4, 0.5) is 0 Å². The Morgan fingerprint density at radius 1 is 1.05 bits per heavy atom. The lowest BCUT2D eigenvalue weighted by molar-refractivity contribution is -0.148. The van der Waals surface area contributed by atoms with Crippen LogP contribution >= 0.6 is 0 Å². The minimum Gasteiger partial charge on any atom is -0.341 e. The van der Waals surface area contributed by atoms with Crippen LogP contribution in [-0.2, 0) is 4.79 Å². The van der Waals surface area contributed by atoms with Crippen LogP contribution in [0.15, 0.2) is 0 Å². The van der Waals surface area contributed by atoms with E-state index < -0.39 is 0 Å². The number of carbonyl (C=O) groups is 1. The summed E-state index contributed by atoms with van der Waals surface area (Å²) in [4.78, 5) is 15.1. The van der Waals surface area contributed by atoms with Crippen molar-refractivity contribution in [1.29, 1.82) is 0 Å². The molecular formula is C16H26N2O. The summed E-state index contributed by atoms with van der Waals surface area (Å²) in [7, 11) is 2.02. The normalized spacial score (nSPS) is 47.9. The van der Waals surface area contributed by atoms with Crippen molar-refractivity contribution >= 4 is 5.91 Å². The molecule has 0 aromatic rings. The van der Waals surface area contributed by atoms with Crippen molar-refractivity contribution in [3.05, 3.63) is 0 Å². The third-order valence-electron chi connectivity index (χ3n) is 6.42. The average Bonchev–Trinajstić information content (AvgIpc) is 2.86. The molecule has 0 aromatic carbocycles. The molecule has 1 amide bonds. The van der Waals surface area contributed by atoms with E-state index in [0.717, 1.165) is 43.2 Å². The van der Waals surface area contributed by atoms with Crippen molar-refractivity contribution in [3.8, 4) is 0 Å². The first-order valence-corrected chi connectivity index (χ1v) is 8.20. The SMILES string of the molecule is CNC1CCN(C(=O)C2C3CC4CC(C3)CC2C4)C1. The highest BCUT2D eigenvalue weighted by Gasteiger charge is 2.51. The van der Waals surface area contributed by atoms with Gasteiger partial charge in [0.1, 0.15) is 0 Å². The van der Waals surface area contributed by atoms with Crippen molar-refractivity contribution in [2.24, 2.45) is 29.6 Å². The molecule has 5 rings (SSSR count). The molecule has 4 aliphatic carbocycles. The van der Waals surface area contributed by atoms with Crippen LogP contribution in [0.2, 0.25) is 0 Å². The first kappa shape index (κ1) is 12.2. The fourth-order valence-electron chi connectivity index (χ4n) is 5.74. The van der Waals surface area contributed by atoms with Gasteiger partial charge in [-0.3, -0.25) is 4.79 Å². The Morgan fingerprint density at radius 3 is 2.21 bits per heavy atom. The number of hydrogen-bond acceptors (Lipinski definition) is 2. The van der Waals surface area contributed by atoms with E-state index in [1.165, 1.54) is 32.1 Å². The van der Waals surface area contributed by atoms with E-state index in [4.69, 9.17) is 0 Å². The number of amides is 1. The number of hydrogen-bond donors (Lipinski definition) is 1. The third kappa shape index (κ3) is 1.93. The molecule has 1 unspecified atom stereocenters. The second-order valence-corrected chi connectivity index (χ2v) is 7.52. The molecule has 106 valence electrons. The van der Waals surface area contributed by atoms with Gasteiger partial charge < -0.3 is 10.2 Å². The summed E-state index contributed by atoms with van der Waals surface area (Å²) in [6.07, 6.45) is 8.02. The van der Waals surface area contributed by atoms with Gasteiger partial charge >= 0.3 is 0 Å². The van der Waals surface area contributed by atoms with E-state index >= 15 is 0 Å². The fourth-order valence-corrected chi connectivity index (χ4v) is 5.74. The molecule has 0 radical (unpaired) electrons. The molecule has 1 N–H and O–H groups in total. The van der Waals surface area contributed by atoms with Crippen molar-refractivity contribution in [1.82, 2.24) is 10.2 Å². The Labute approximate surface area is 116 Å². The standard InChI is InChI=1S/C16H26N2O/c1-17-14-2-3-18(9-14)16(19)15-12-5-10-4-11(7-12)8-13(15)6-10/h10-15,17H,2-9H2,1H3. The number of likely N-dealkylation sites (N-methyl/N-ethyl adjacent to an activating group) is 1. The topological polar surface area (TPSA) is 32.3 Å². The van der Waals surface area contributed by atoms with E-state index in [-0.39, 0.29) is 0 Å². The highest BCUT2D eigenvalue weighted by molar-refractivity contribution is 5.80. The highest BCUT2D eigenvalue weighted by Crippen LogP contribution is 2.56. The van der Waals surface area contributed by atoms with Crippen LogP contribution in [0, 0.1) is 29.6 Å². The molecule has 5 aliphatic rings. The molecule has 1 aliphatic heterocycles. The van der Waals surface area contributed by atoms with Crippen LogP contribution < -0.4 is 5.32 Å². The predicted octanol–water partition coefficient (Wildman–Crippen LogP) is 1.88. The van der Waals surface area contributed by atoms with Gasteiger partial charge in [0.25, 0.3) is 0 Å². The van der Waals surface area contributed by atoms with Gasteiger partial charge in [0, 0.05) is 25.0 Å². The van der Waals surface area contributed by atoms with Crippen LogP contribution in [0.5, 0.6) is 0 Å². The Hall–Kier alpha value is -0.570. The lowest BCUT2D eigenvalue weighted by Gasteiger charge is -2.54. The number of nitrogens with one attached hydrogen (secondary N) is 1. The Kier molecular flexibility index (Phi) is 2.87. The number of rotatable bonds is 2. The van der Waals surface area contributed by atoms with E-state index in [2.05, 4.69) is 10.2 Å². The lowest BCUT2D eigenvalue weighted by Crippen LogP contribution is -2.51. The molecule has 1 heterocycles. The van der Waals surface area contributed by atoms with Gasteiger partial charge in [-0.25, -0.2) is 0 Å². The quantitative estimate of drug-likeness (QED) is 0.824. The van der Waals surface area contributed by atoms with Crippen molar-refractivity contribution < 1.29 is 4.79 Å². The molecule has 0 spiro atoms. The number of carbonyl (C=O) groups excluding carboxylic acids is 1. The maximum absolute atomic E-state index is 12.9. The Balaban J connectivity index is 1.49. The monoisotopic (exact) mass is 262 g/mol. The zero-order valence-electron chi connectivity index (χ0n) is 12.0. The number of likely N-dealkylation sites (tertiary alicyclic amines) is 1. The third-order valence-corrected chi connectivity index (χ3v) is 6.42. The summed E-state index contributed by atoms with van der Waals surface area (Å²) in [6.45, 7) is 1.92.